The lowest BCUT2D eigenvalue weighted by molar-refractivity contribution is 0.0878. The summed E-state index contributed by atoms with van der Waals surface area (Å²) in [7, 11) is 0. The molecule has 206 valence electrons. The van der Waals surface area contributed by atoms with Crippen molar-refractivity contribution < 1.29 is 28.4 Å². The van der Waals surface area contributed by atoms with Gasteiger partial charge in [0, 0.05) is 0 Å². The van der Waals surface area contributed by atoms with Crippen LogP contribution in [0.25, 0.3) is 33.4 Å². The molecule has 2 aliphatic heterocycles. The fraction of sp³-hybridized carbons (Fsp3) is 0.294. The molecule has 2 aliphatic rings. The predicted molar refractivity (Wildman–Crippen MR) is 155 cm³/mol. The van der Waals surface area contributed by atoms with Gasteiger partial charge >= 0.3 is 0 Å². The van der Waals surface area contributed by atoms with Crippen molar-refractivity contribution in [2.45, 2.75) is 12.2 Å². The van der Waals surface area contributed by atoms with Crippen molar-refractivity contribution in [3.63, 3.8) is 0 Å². The van der Waals surface area contributed by atoms with Crippen LogP contribution in [0.2, 0.25) is 0 Å². The SMILES string of the molecule is c1ccc(-c2ccccc2-c2ccc(OCCOCC3CO3)cc2)c(-c2ccc(OCCOCC3CO3)cc2)c1. The Labute approximate surface area is 235 Å². The molecule has 4 aromatic rings. The van der Waals surface area contributed by atoms with E-state index in [1.54, 1.807) is 0 Å². The van der Waals surface area contributed by atoms with E-state index in [1.807, 2.05) is 24.3 Å². The van der Waals surface area contributed by atoms with Gasteiger partial charge in [0.05, 0.1) is 39.6 Å². The number of hydrogen-bond donors (Lipinski definition) is 0. The number of rotatable bonds is 15. The molecule has 0 spiro atoms. The second kappa shape index (κ2) is 13.1. The van der Waals surface area contributed by atoms with E-state index in [-0.39, 0.29) is 12.2 Å². The Morgan fingerprint density at radius 1 is 0.475 bits per heavy atom. The molecule has 2 saturated heterocycles. The topological polar surface area (TPSA) is 62.0 Å². The molecule has 0 saturated carbocycles. The molecule has 2 unspecified atom stereocenters. The van der Waals surface area contributed by atoms with E-state index in [4.69, 9.17) is 28.4 Å². The van der Waals surface area contributed by atoms with Gasteiger partial charge in [0.15, 0.2) is 0 Å². The zero-order chi connectivity index (χ0) is 27.0. The Bertz CT molecular complexity index is 1250. The number of benzene rings is 4. The molecule has 40 heavy (non-hydrogen) atoms. The van der Waals surface area contributed by atoms with Crippen LogP contribution in [0.4, 0.5) is 0 Å². The van der Waals surface area contributed by atoms with E-state index in [1.165, 1.54) is 22.3 Å². The van der Waals surface area contributed by atoms with E-state index in [9.17, 15) is 0 Å². The van der Waals surface area contributed by atoms with Gasteiger partial charge in [0.25, 0.3) is 0 Å². The van der Waals surface area contributed by atoms with Crippen LogP contribution in [0.1, 0.15) is 0 Å². The first-order chi connectivity index (χ1) is 19.8. The summed E-state index contributed by atoms with van der Waals surface area (Å²) < 4.78 is 33.2. The molecule has 0 bridgehead atoms. The molecule has 2 fully saturated rings. The summed E-state index contributed by atoms with van der Waals surface area (Å²) in [6.45, 7) is 5.05. The lowest BCUT2D eigenvalue weighted by atomic mass is 9.89. The zero-order valence-corrected chi connectivity index (χ0v) is 22.5. The monoisotopic (exact) mass is 538 g/mol. The zero-order valence-electron chi connectivity index (χ0n) is 22.5. The Kier molecular flexibility index (Phi) is 8.70. The van der Waals surface area contributed by atoms with Crippen molar-refractivity contribution in [2.24, 2.45) is 0 Å². The van der Waals surface area contributed by atoms with Crippen molar-refractivity contribution in [3.05, 3.63) is 97.1 Å². The van der Waals surface area contributed by atoms with Gasteiger partial charge in [-0.1, -0.05) is 72.8 Å². The molecule has 6 heteroatoms. The van der Waals surface area contributed by atoms with Crippen molar-refractivity contribution in [3.8, 4) is 44.9 Å². The summed E-state index contributed by atoms with van der Waals surface area (Å²) >= 11 is 0. The summed E-state index contributed by atoms with van der Waals surface area (Å²) in [5.41, 5.74) is 6.98. The number of epoxide rings is 2. The Balaban J connectivity index is 1.12. The maximum absolute atomic E-state index is 5.86. The molecular formula is C34H34O6. The normalized spacial score (nSPS) is 17.4. The fourth-order valence-electron chi connectivity index (χ4n) is 4.60. The Morgan fingerprint density at radius 3 is 1.23 bits per heavy atom. The van der Waals surface area contributed by atoms with E-state index in [0.29, 0.717) is 39.6 Å². The van der Waals surface area contributed by atoms with Gasteiger partial charge in [0.2, 0.25) is 0 Å². The van der Waals surface area contributed by atoms with E-state index in [2.05, 4.69) is 72.8 Å². The van der Waals surface area contributed by atoms with Crippen molar-refractivity contribution in [2.75, 3.05) is 52.9 Å². The molecule has 0 aliphatic carbocycles. The van der Waals surface area contributed by atoms with Crippen molar-refractivity contribution in [1.82, 2.24) is 0 Å². The second-order valence-corrected chi connectivity index (χ2v) is 9.90. The molecule has 6 rings (SSSR count). The molecule has 2 heterocycles. The highest BCUT2D eigenvalue weighted by molar-refractivity contribution is 5.91. The largest absolute Gasteiger partial charge is 0.491 e. The van der Waals surface area contributed by atoms with Crippen LogP contribution in [0, 0.1) is 0 Å². The summed E-state index contributed by atoms with van der Waals surface area (Å²) in [5.74, 6) is 1.66. The average Bonchev–Trinajstić information content (AvgIpc) is 3.94. The van der Waals surface area contributed by atoms with Gasteiger partial charge in [-0.2, -0.15) is 0 Å². The summed E-state index contributed by atoms with van der Waals surface area (Å²) in [6, 6.07) is 33.6. The van der Waals surface area contributed by atoms with Crippen LogP contribution in [0.3, 0.4) is 0 Å². The highest BCUT2D eigenvalue weighted by atomic mass is 16.6. The molecule has 0 amide bonds. The van der Waals surface area contributed by atoms with Crippen LogP contribution in [-0.4, -0.2) is 65.1 Å². The number of ether oxygens (including phenoxy) is 6. The third-order valence-corrected chi connectivity index (χ3v) is 6.88. The van der Waals surface area contributed by atoms with Crippen LogP contribution < -0.4 is 9.47 Å². The summed E-state index contributed by atoms with van der Waals surface area (Å²) in [5, 5.41) is 0. The smallest absolute Gasteiger partial charge is 0.119 e. The molecule has 4 aromatic carbocycles. The highest BCUT2D eigenvalue weighted by Crippen LogP contribution is 2.38. The van der Waals surface area contributed by atoms with Crippen molar-refractivity contribution in [1.29, 1.82) is 0 Å². The maximum Gasteiger partial charge on any atom is 0.119 e. The van der Waals surface area contributed by atoms with Crippen LogP contribution in [-0.2, 0) is 18.9 Å². The predicted octanol–water partition coefficient (Wildman–Crippen LogP) is 6.28. The lowest BCUT2D eigenvalue weighted by Gasteiger charge is -2.15. The van der Waals surface area contributed by atoms with Gasteiger partial charge in [-0.25, -0.2) is 0 Å². The summed E-state index contributed by atoms with van der Waals surface area (Å²) in [4.78, 5) is 0. The maximum atomic E-state index is 5.86. The van der Waals surface area contributed by atoms with Crippen LogP contribution in [0.5, 0.6) is 11.5 Å². The minimum Gasteiger partial charge on any atom is -0.491 e. The molecule has 0 N–H and O–H groups in total. The van der Waals surface area contributed by atoms with Gasteiger partial charge in [-0.15, -0.1) is 0 Å². The van der Waals surface area contributed by atoms with E-state index >= 15 is 0 Å². The molecular weight excluding hydrogens is 504 g/mol. The average molecular weight is 539 g/mol. The van der Waals surface area contributed by atoms with Crippen LogP contribution >= 0.6 is 0 Å². The Morgan fingerprint density at radius 2 is 0.850 bits per heavy atom. The first-order valence-corrected chi connectivity index (χ1v) is 13.9. The first-order valence-electron chi connectivity index (χ1n) is 13.9. The lowest BCUT2D eigenvalue weighted by Crippen LogP contribution is -2.10. The summed E-state index contributed by atoms with van der Waals surface area (Å²) in [6.07, 6.45) is 0.557. The minimum atomic E-state index is 0.279. The standard InChI is InChI=1S/C34H34O6/c1-3-7-33(31(5-1)25-9-13-27(14-10-25)37-19-17-35-21-29-23-39-29)34-8-4-2-6-32(34)26-11-15-28(16-12-26)38-20-18-36-22-30-24-40-30/h1-16,29-30H,17-24H2. The van der Waals surface area contributed by atoms with Gasteiger partial charge in [-0.3, -0.25) is 0 Å². The molecule has 0 aromatic heterocycles. The highest BCUT2D eigenvalue weighted by Gasteiger charge is 2.22. The minimum absolute atomic E-state index is 0.279. The third kappa shape index (κ3) is 7.29. The fourth-order valence-corrected chi connectivity index (χ4v) is 4.60. The number of hydrogen-bond acceptors (Lipinski definition) is 6. The van der Waals surface area contributed by atoms with Gasteiger partial charge in [0.1, 0.15) is 36.9 Å². The molecule has 6 nitrogen and oxygen atoms in total. The first kappa shape index (κ1) is 26.5. The molecule has 2 atom stereocenters. The van der Waals surface area contributed by atoms with Gasteiger partial charge in [-0.05, 0) is 57.6 Å². The third-order valence-electron chi connectivity index (χ3n) is 6.88. The van der Waals surface area contributed by atoms with E-state index < -0.39 is 0 Å². The second-order valence-electron chi connectivity index (χ2n) is 9.90. The van der Waals surface area contributed by atoms with Gasteiger partial charge < -0.3 is 28.4 Å². The van der Waals surface area contributed by atoms with E-state index in [0.717, 1.165) is 35.8 Å². The Hall–Kier alpha value is -3.68. The van der Waals surface area contributed by atoms with Crippen molar-refractivity contribution >= 4 is 0 Å². The van der Waals surface area contributed by atoms with Crippen LogP contribution in [0.15, 0.2) is 97.1 Å². The molecule has 0 radical (unpaired) electrons. The quantitative estimate of drug-likeness (QED) is 0.131.